The van der Waals surface area contributed by atoms with Crippen LogP contribution in [-0.4, -0.2) is 42.2 Å². The second kappa shape index (κ2) is 10.4. The van der Waals surface area contributed by atoms with E-state index in [1.165, 1.54) is 26.8 Å². The standard InChI is InChI=1S/C28H42F3NO6S/c1-15(2)18-11-10-16(3)12-21(18)37-25(34)24(38-26(5,6)7)22-17(4)13-20-19(23(22)33)14-27(8,9)32(20)39(35,36)28(29,30)31/h13,15-16,18,21,24,33H,10-12,14H2,1-9H3/t16-,18+,21-,24?/m1/s1. The van der Waals surface area contributed by atoms with Gasteiger partial charge in [0.25, 0.3) is 0 Å². The number of benzene rings is 1. The summed E-state index contributed by atoms with van der Waals surface area (Å²) >= 11 is 0. The predicted molar refractivity (Wildman–Crippen MR) is 143 cm³/mol. The Hall–Kier alpha value is -2.01. The summed E-state index contributed by atoms with van der Waals surface area (Å²) in [7, 11) is -5.75. The van der Waals surface area contributed by atoms with Gasteiger partial charge in [0.2, 0.25) is 0 Å². The molecule has 0 radical (unpaired) electrons. The number of nitrogens with zero attached hydrogens (tertiary/aromatic N) is 1. The monoisotopic (exact) mass is 577 g/mol. The molecule has 3 rings (SSSR count). The van der Waals surface area contributed by atoms with Gasteiger partial charge >= 0.3 is 21.5 Å². The summed E-state index contributed by atoms with van der Waals surface area (Å²) in [6.07, 6.45) is 0.765. The number of esters is 1. The molecule has 1 saturated carbocycles. The highest BCUT2D eigenvalue weighted by Gasteiger charge is 2.57. The summed E-state index contributed by atoms with van der Waals surface area (Å²) in [6.45, 7) is 15.7. The number of carbonyl (C=O) groups excluding carboxylic acids is 1. The fraction of sp³-hybridized carbons (Fsp3) is 0.750. The lowest BCUT2D eigenvalue weighted by molar-refractivity contribution is -0.179. The Balaban J connectivity index is 2.11. The highest BCUT2D eigenvalue weighted by Crippen LogP contribution is 2.51. The summed E-state index contributed by atoms with van der Waals surface area (Å²) in [4.78, 5) is 13.7. The van der Waals surface area contributed by atoms with E-state index < -0.39 is 44.5 Å². The molecular formula is C28H42F3NO6S. The number of rotatable bonds is 6. The van der Waals surface area contributed by atoms with Gasteiger partial charge in [0.05, 0.1) is 16.8 Å². The lowest BCUT2D eigenvalue weighted by atomic mass is 9.75. The number of ether oxygens (including phenoxy) is 2. The summed E-state index contributed by atoms with van der Waals surface area (Å²) in [5.74, 6) is -0.321. The van der Waals surface area contributed by atoms with E-state index in [4.69, 9.17) is 9.47 Å². The van der Waals surface area contributed by atoms with Gasteiger partial charge in [-0.2, -0.15) is 21.6 Å². The number of phenolic OH excluding ortho intramolecular Hbond substituents is 1. The molecule has 11 heteroatoms. The van der Waals surface area contributed by atoms with E-state index in [9.17, 15) is 31.5 Å². The van der Waals surface area contributed by atoms with Crippen LogP contribution in [0.15, 0.2) is 6.07 Å². The zero-order valence-electron chi connectivity index (χ0n) is 24.3. The summed E-state index contributed by atoms with van der Waals surface area (Å²) in [5.41, 5.74) is -7.85. The second-order valence-electron chi connectivity index (χ2n) is 13.1. The fourth-order valence-electron chi connectivity index (χ4n) is 5.96. The molecule has 222 valence electrons. The zero-order chi connectivity index (χ0) is 29.9. The number of anilines is 1. The lowest BCUT2D eigenvalue weighted by Gasteiger charge is -2.38. The number of fused-ring (bicyclic) bond motifs is 1. The minimum atomic E-state index is -5.75. The van der Waals surface area contributed by atoms with Crippen molar-refractivity contribution in [1.82, 2.24) is 0 Å². The Morgan fingerprint density at radius 1 is 1.18 bits per heavy atom. The van der Waals surface area contributed by atoms with E-state index in [1.807, 2.05) is 0 Å². The first-order valence-electron chi connectivity index (χ1n) is 13.4. The van der Waals surface area contributed by atoms with E-state index >= 15 is 0 Å². The first-order chi connectivity index (χ1) is 17.6. The van der Waals surface area contributed by atoms with Crippen molar-refractivity contribution >= 4 is 21.7 Å². The van der Waals surface area contributed by atoms with E-state index in [2.05, 4.69) is 20.8 Å². The number of hydrogen-bond donors (Lipinski definition) is 1. The molecule has 1 fully saturated rings. The highest BCUT2D eigenvalue weighted by molar-refractivity contribution is 7.93. The third-order valence-electron chi connectivity index (χ3n) is 7.72. The number of carbonyl (C=O) groups is 1. The predicted octanol–water partition coefficient (Wildman–Crippen LogP) is 6.55. The molecule has 1 aliphatic heterocycles. The Labute approximate surface area is 230 Å². The van der Waals surface area contributed by atoms with Crippen molar-refractivity contribution in [3.8, 4) is 5.75 Å². The number of phenols is 1. The Bertz CT molecular complexity index is 1200. The topological polar surface area (TPSA) is 93.1 Å². The number of halogens is 3. The second-order valence-corrected chi connectivity index (χ2v) is 14.8. The van der Waals surface area contributed by atoms with Gasteiger partial charge in [0.1, 0.15) is 11.9 Å². The molecule has 0 aromatic heterocycles. The molecular weight excluding hydrogens is 535 g/mol. The van der Waals surface area contributed by atoms with Crippen molar-refractivity contribution in [2.75, 3.05) is 4.31 Å². The van der Waals surface area contributed by atoms with Gasteiger partial charge in [0, 0.05) is 17.5 Å². The van der Waals surface area contributed by atoms with E-state index in [0.717, 1.165) is 12.8 Å². The Morgan fingerprint density at radius 3 is 2.28 bits per heavy atom. The molecule has 2 aliphatic rings. The summed E-state index contributed by atoms with van der Waals surface area (Å²) < 4.78 is 78.3. The first-order valence-corrected chi connectivity index (χ1v) is 14.9. The van der Waals surface area contributed by atoms with Gasteiger partial charge in [-0.25, -0.2) is 4.79 Å². The van der Waals surface area contributed by atoms with Crippen LogP contribution in [0.4, 0.5) is 18.9 Å². The van der Waals surface area contributed by atoms with Crippen molar-refractivity contribution in [3.63, 3.8) is 0 Å². The first kappa shape index (κ1) is 31.5. The van der Waals surface area contributed by atoms with Crippen LogP contribution in [0.2, 0.25) is 0 Å². The highest BCUT2D eigenvalue weighted by atomic mass is 32.2. The van der Waals surface area contributed by atoms with E-state index in [1.54, 1.807) is 20.8 Å². The third kappa shape index (κ3) is 6.19. The molecule has 1 N–H and O–H groups in total. The van der Waals surface area contributed by atoms with Gasteiger partial charge in [0.15, 0.2) is 6.10 Å². The number of sulfonamides is 1. The van der Waals surface area contributed by atoms with Crippen molar-refractivity contribution in [2.45, 2.75) is 117 Å². The number of aryl methyl sites for hydroxylation is 1. The van der Waals surface area contributed by atoms with Crippen LogP contribution in [0.5, 0.6) is 5.75 Å². The van der Waals surface area contributed by atoms with Crippen LogP contribution in [0.1, 0.15) is 97.4 Å². The maximum Gasteiger partial charge on any atom is 0.516 e. The van der Waals surface area contributed by atoms with Crippen LogP contribution in [0.3, 0.4) is 0 Å². The smallest absolute Gasteiger partial charge is 0.507 e. The molecule has 39 heavy (non-hydrogen) atoms. The van der Waals surface area contributed by atoms with Gasteiger partial charge in [-0.1, -0.05) is 27.2 Å². The van der Waals surface area contributed by atoms with Crippen LogP contribution in [0.25, 0.3) is 0 Å². The van der Waals surface area contributed by atoms with Crippen LogP contribution >= 0.6 is 0 Å². The Morgan fingerprint density at radius 2 is 1.77 bits per heavy atom. The lowest BCUT2D eigenvalue weighted by Crippen LogP contribution is -2.50. The van der Waals surface area contributed by atoms with Crippen molar-refractivity contribution < 1.29 is 41.0 Å². The molecule has 0 spiro atoms. The Kier molecular flexibility index (Phi) is 8.43. The van der Waals surface area contributed by atoms with Gasteiger partial charge in [-0.05, 0) is 83.8 Å². The van der Waals surface area contributed by atoms with E-state index in [-0.39, 0.29) is 46.7 Å². The molecule has 1 aromatic carbocycles. The quantitative estimate of drug-likeness (QED) is 0.386. The third-order valence-corrected chi connectivity index (χ3v) is 9.47. The van der Waals surface area contributed by atoms with Crippen molar-refractivity contribution in [3.05, 3.63) is 22.8 Å². The minimum Gasteiger partial charge on any atom is -0.507 e. The molecule has 4 atom stereocenters. The zero-order valence-corrected chi connectivity index (χ0v) is 25.1. The summed E-state index contributed by atoms with van der Waals surface area (Å²) in [5, 5.41) is 11.4. The molecule has 1 unspecified atom stereocenters. The molecule has 1 heterocycles. The van der Waals surface area contributed by atoms with Crippen LogP contribution in [0, 0.1) is 24.7 Å². The molecule has 0 amide bonds. The fourth-order valence-corrected chi connectivity index (χ4v) is 7.30. The number of hydrogen-bond acceptors (Lipinski definition) is 6. The van der Waals surface area contributed by atoms with Gasteiger partial charge in [-0.3, -0.25) is 4.31 Å². The maximum atomic E-state index is 13.7. The van der Waals surface area contributed by atoms with Gasteiger partial charge < -0.3 is 14.6 Å². The molecule has 1 aromatic rings. The van der Waals surface area contributed by atoms with Crippen LogP contribution in [-0.2, 0) is 30.7 Å². The van der Waals surface area contributed by atoms with E-state index in [0.29, 0.717) is 16.6 Å². The number of aromatic hydroxyl groups is 1. The molecule has 0 bridgehead atoms. The van der Waals surface area contributed by atoms with Gasteiger partial charge in [-0.15, -0.1) is 0 Å². The maximum absolute atomic E-state index is 13.7. The van der Waals surface area contributed by atoms with Crippen molar-refractivity contribution in [1.29, 1.82) is 0 Å². The van der Waals surface area contributed by atoms with Crippen molar-refractivity contribution in [2.24, 2.45) is 17.8 Å². The largest absolute Gasteiger partial charge is 0.516 e. The van der Waals surface area contributed by atoms with Crippen LogP contribution < -0.4 is 4.31 Å². The number of alkyl halides is 3. The molecule has 1 aliphatic carbocycles. The molecule has 0 saturated heterocycles. The minimum absolute atomic E-state index is 0.00933. The average molecular weight is 578 g/mol. The average Bonchev–Trinajstić information content (AvgIpc) is 3.01. The normalized spacial score (nSPS) is 24.5. The summed E-state index contributed by atoms with van der Waals surface area (Å²) in [6, 6.07) is 1.27. The SMILES string of the molecule is Cc1cc2c(c(O)c1C(OC(C)(C)C)C(=O)O[C@@H]1C[C@H](C)CC[C@H]1C(C)C)CC(C)(C)N2S(=O)(=O)C(F)(F)F. The molecule has 7 nitrogen and oxygen atoms in total.